The van der Waals surface area contributed by atoms with E-state index in [1.54, 1.807) is 17.5 Å². The molecule has 0 saturated heterocycles. The molecule has 0 radical (unpaired) electrons. The molecular weight excluding hydrogens is 300 g/mol. The van der Waals surface area contributed by atoms with Gasteiger partial charge in [0.05, 0.1) is 15.9 Å². The zero-order valence-electron chi connectivity index (χ0n) is 10.4. The quantitative estimate of drug-likeness (QED) is 0.476. The third kappa shape index (κ3) is 3.60. The Hall–Kier alpha value is -2.81. The first-order valence-corrected chi connectivity index (χ1v) is 6.48. The maximum Gasteiger partial charge on any atom is 0.348 e. The number of esters is 1. The van der Waals surface area contributed by atoms with Crippen LogP contribution in [-0.2, 0) is 11.3 Å². The van der Waals surface area contributed by atoms with Crippen LogP contribution in [0.5, 0.6) is 0 Å². The molecule has 2 aromatic rings. The average Bonchev–Trinajstić information content (AvgIpc) is 2.98. The van der Waals surface area contributed by atoms with E-state index in [0.29, 0.717) is 4.88 Å². The maximum atomic E-state index is 11.6. The highest BCUT2D eigenvalue weighted by atomic mass is 32.1. The molecule has 1 heterocycles. The molecule has 0 aliphatic carbocycles. The lowest BCUT2D eigenvalue weighted by Crippen LogP contribution is -2.04. The number of nitro groups is 2. The number of rotatable bonds is 5. The van der Waals surface area contributed by atoms with Crippen molar-refractivity contribution >= 4 is 28.7 Å². The lowest BCUT2D eigenvalue weighted by atomic mass is 10.2. The molecule has 0 N–H and O–H groups in total. The van der Waals surface area contributed by atoms with Gasteiger partial charge in [-0.15, -0.1) is 11.3 Å². The van der Waals surface area contributed by atoms with E-state index in [-0.39, 0.29) is 12.2 Å². The summed E-state index contributed by atoms with van der Waals surface area (Å²) in [5.74, 6) is -0.584. The van der Waals surface area contributed by atoms with E-state index in [2.05, 4.69) is 0 Å². The third-order valence-corrected chi connectivity index (χ3v) is 3.33. The van der Waals surface area contributed by atoms with Crippen LogP contribution in [0.3, 0.4) is 0 Å². The van der Waals surface area contributed by atoms with E-state index in [9.17, 15) is 25.0 Å². The minimum atomic E-state index is -0.739. The number of carbonyl (C=O) groups is 1. The fourth-order valence-electron chi connectivity index (χ4n) is 1.57. The Morgan fingerprint density at radius 1 is 1.14 bits per heavy atom. The molecule has 2 rings (SSSR count). The van der Waals surface area contributed by atoms with Crippen LogP contribution in [0.15, 0.2) is 35.7 Å². The van der Waals surface area contributed by atoms with Gasteiger partial charge in [0.2, 0.25) is 0 Å². The monoisotopic (exact) mass is 308 g/mol. The second-order valence-corrected chi connectivity index (χ2v) is 4.87. The fourth-order valence-corrected chi connectivity index (χ4v) is 2.18. The van der Waals surface area contributed by atoms with Gasteiger partial charge in [0.25, 0.3) is 11.4 Å². The summed E-state index contributed by atoms with van der Waals surface area (Å²) in [6.07, 6.45) is 0. The molecule has 0 fully saturated rings. The number of thiophene rings is 1. The smallest absolute Gasteiger partial charge is 0.348 e. The molecule has 0 bridgehead atoms. The minimum Gasteiger partial charge on any atom is -0.457 e. The van der Waals surface area contributed by atoms with Gasteiger partial charge in [-0.1, -0.05) is 6.07 Å². The minimum absolute atomic E-state index is 0.181. The van der Waals surface area contributed by atoms with E-state index in [1.807, 2.05) is 0 Å². The summed E-state index contributed by atoms with van der Waals surface area (Å²) in [6.45, 7) is -0.279. The molecule has 0 saturated carbocycles. The summed E-state index contributed by atoms with van der Waals surface area (Å²) >= 11 is 1.19. The molecule has 1 aromatic carbocycles. The van der Waals surface area contributed by atoms with E-state index >= 15 is 0 Å². The predicted molar refractivity (Wildman–Crippen MR) is 73.2 cm³/mol. The van der Waals surface area contributed by atoms with Gasteiger partial charge in [0.1, 0.15) is 11.5 Å². The predicted octanol–water partition coefficient (Wildman–Crippen LogP) is 2.92. The summed E-state index contributed by atoms with van der Waals surface area (Å²) in [4.78, 5) is 32.0. The lowest BCUT2D eigenvalue weighted by Gasteiger charge is -2.03. The van der Waals surface area contributed by atoms with Crippen molar-refractivity contribution in [2.24, 2.45) is 0 Å². The van der Waals surface area contributed by atoms with Crippen LogP contribution in [0.1, 0.15) is 15.2 Å². The number of hydrogen-bond acceptors (Lipinski definition) is 7. The molecule has 8 nitrogen and oxygen atoms in total. The van der Waals surface area contributed by atoms with Gasteiger partial charge < -0.3 is 4.74 Å². The van der Waals surface area contributed by atoms with Crippen LogP contribution in [-0.4, -0.2) is 15.8 Å². The fraction of sp³-hybridized carbons (Fsp3) is 0.0833. The van der Waals surface area contributed by atoms with Crippen molar-refractivity contribution in [2.75, 3.05) is 0 Å². The topological polar surface area (TPSA) is 113 Å². The second kappa shape index (κ2) is 6.09. The number of ether oxygens (including phenoxy) is 1. The molecule has 0 aliphatic heterocycles. The SMILES string of the molecule is O=C(OCc1cc([N+](=O)[O-])cc([N+](=O)[O-])c1)c1cccs1. The summed E-state index contributed by atoms with van der Waals surface area (Å²) < 4.78 is 4.97. The van der Waals surface area contributed by atoms with Gasteiger partial charge in [0.15, 0.2) is 0 Å². The first-order valence-electron chi connectivity index (χ1n) is 5.61. The molecule has 0 atom stereocenters. The normalized spacial score (nSPS) is 10.1. The molecule has 108 valence electrons. The van der Waals surface area contributed by atoms with Crippen LogP contribution in [0.2, 0.25) is 0 Å². The van der Waals surface area contributed by atoms with Gasteiger partial charge in [-0.3, -0.25) is 20.2 Å². The van der Waals surface area contributed by atoms with Crippen LogP contribution >= 0.6 is 11.3 Å². The van der Waals surface area contributed by atoms with Gasteiger partial charge >= 0.3 is 5.97 Å². The van der Waals surface area contributed by atoms with Crippen molar-refractivity contribution in [1.82, 2.24) is 0 Å². The second-order valence-electron chi connectivity index (χ2n) is 3.93. The molecule has 0 spiro atoms. The highest BCUT2D eigenvalue weighted by Crippen LogP contribution is 2.23. The number of non-ortho nitro benzene ring substituents is 2. The van der Waals surface area contributed by atoms with Crippen molar-refractivity contribution in [1.29, 1.82) is 0 Å². The van der Waals surface area contributed by atoms with Gasteiger partial charge in [-0.25, -0.2) is 4.79 Å². The van der Waals surface area contributed by atoms with E-state index in [1.165, 1.54) is 11.3 Å². The molecule has 0 amide bonds. The van der Waals surface area contributed by atoms with Crippen LogP contribution in [0.25, 0.3) is 0 Å². The Morgan fingerprint density at radius 2 is 1.76 bits per heavy atom. The highest BCUT2D eigenvalue weighted by molar-refractivity contribution is 7.11. The number of carbonyl (C=O) groups excluding carboxylic acids is 1. The summed E-state index contributed by atoms with van der Waals surface area (Å²) in [6, 6.07) is 6.37. The zero-order valence-corrected chi connectivity index (χ0v) is 11.2. The number of nitrogens with zero attached hydrogens (tertiary/aromatic N) is 2. The molecule has 9 heteroatoms. The van der Waals surface area contributed by atoms with Crippen molar-refractivity contribution in [3.05, 3.63) is 66.4 Å². The highest BCUT2D eigenvalue weighted by Gasteiger charge is 2.17. The van der Waals surface area contributed by atoms with Crippen molar-refractivity contribution in [3.8, 4) is 0 Å². The van der Waals surface area contributed by atoms with E-state index < -0.39 is 27.2 Å². The number of nitro benzene ring substituents is 2. The Labute approximate surface area is 121 Å². The van der Waals surface area contributed by atoms with Crippen LogP contribution in [0.4, 0.5) is 11.4 Å². The molecule has 0 unspecified atom stereocenters. The summed E-state index contributed by atoms with van der Waals surface area (Å²) in [7, 11) is 0. The largest absolute Gasteiger partial charge is 0.457 e. The Bertz CT molecular complexity index is 666. The van der Waals surface area contributed by atoms with E-state index in [0.717, 1.165) is 18.2 Å². The van der Waals surface area contributed by atoms with Crippen molar-refractivity contribution < 1.29 is 19.4 Å². The van der Waals surface area contributed by atoms with Gasteiger partial charge in [-0.05, 0) is 11.4 Å². The molecule has 1 aromatic heterocycles. The van der Waals surface area contributed by atoms with Gasteiger partial charge in [0, 0.05) is 17.7 Å². The van der Waals surface area contributed by atoms with Gasteiger partial charge in [-0.2, -0.15) is 0 Å². The van der Waals surface area contributed by atoms with Crippen LogP contribution in [0, 0.1) is 20.2 Å². The number of hydrogen-bond donors (Lipinski definition) is 0. The molecule has 0 aliphatic rings. The summed E-state index contributed by atoms with van der Waals surface area (Å²) in [5.41, 5.74) is -0.668. The Balaban J connectivity index is 2.17. The Kier molecular flexibility index (Phi) is 4.24. The van der Waals surface area contributed by atoms with Crippen molar-refractivity contribution in [3.63, 3.8) is 0 Å². The third-order valence-electron chi connectivity index (χ3n) is 2.48. The first kappa shape index (κ1) is 14.6. The zero-order chi connectivity index (χ0) is 15.4. The number of benzene rings is 1. The van der Waals surface area contributed by atoms with Crippen molar-refractivity contribution in [2.45, 2.75) is 6.61 Å². The van der Waals surface area contributed by atoms with E-state index in [4.69, 9.17) is 4.74 Å². The molecule has 21 heavy (non-hydrogen) atoms. The maximum absolute atomic E-state index is 11.6. The average molecular weight is 308 g/mol. The van der Waals surface area contributed by atoms with Crippen LogP contribution < -0.4 is 0 Å². The summed E-state index contributed by atoms with van der Waals surface area (Å²) in [5, 5.41) is 23.2. The molecular formula is C12H8N2O6S. The standard InChI is InChI=1S/C12H8N2O6S/c15-12(11-2-1-3-21-11)20-7-8-4-9(13(16)17)6-10(5-8)14(18)19/h1-6H,7H2. The lowest BCUT2D eigenvalue weighted by molar-refractivity contribution is -0.394. The first-order chi connectivity index (χ1) is 9.97. The Morgan fingerprint density at radius 3 is 2.24 bits per heavy atom.